The van der Waals surface area contributed by atoms with Gasteiger partial charge >= 0.3 is 0 Å². The number of benzene rings is 1. The molecule has 6 heteroatoms. The number of nitriles is 1. The van der Waals surface area contributed by atoms with Crippen LogP contribution in [0.15, 0.2) is 41.6 Å². The Kier molecular flexibility index (Phi) is 2.81. The third kappa shape index (κ3) is 1.86. The summed E-state index contributed by atoms with van der Waals surface area (Å²) in [5.74, 6) is 0. The molecule has 0 bridgehead atoms. The van der Waals surface area contributed by atoms with Crippen LogP contribution in [-0.4, -0.2) is 18.5 Å². The Labute approximate surface area is 94.2 Å². The molecule has 0 fully saturated rings. The van der Waals surface area contributed by atoms with E-state index in [2.05, 4.69) is 5.10 Å². The number of nitrogens with zero attached hydrogens (tertiary/aromatic N) is 3. The van der Waals surface area contributed by atoms with Crippen LogP contribution in [0.5, 0.6) is 0 Å². The second kappa shape index (κ2) is 4.26. The van der Waals surface area contributed by atoms with Crippen molar-refractivity contribution in [2.24, 2.45) is 0 Å². The van der Waals surface area contributed by atoms with E-state index in [4.69, 9.17) is 5.26 Å². The minimum Gasteiger partial charge on any atom is -0.768 e. The maximum absolute atomic E-state index is 10.7. The van der Waals surface area contributed by atoms with Crippen molar-refractivity contribution in [1.82, 2.24) is 9.78 Å². The molecular formula is C10H6N3O2S-. The van der Waals surface area contributed by atoms with Crippen LogP contribution in [0.2, 0.25) is 0 Å². The van der Waals surface area contributed by atoms with Crippen molar-refractivity contribution in [3.8, 4) is 11.8 Å². The summed E-state index contributed by atoms with van der Waals surface area (Å²) in [6, 6.07) is 7.97. The number of hydrogen-bond donors (Lipinski definition) is 0. The normalized spacial score (nSPS) is 12.0. The van der Waals surface area contributed by atoms with E-state index < -0.39 is 11.1 Å². The second-order valence-electron chi connectivity index (χ2n) is 2.98. The second-order valence-corrected chi connectivity index (χ2v) is 3.92. The fraction of sp³-hybridized carbons (Fsp3) is 0. The lowest BCUT2D eigenvalue weighted by molar-refractivity contribution is 0.537. The molecule has 0 aliphatic heterocycles. The molecule has 0 aliphatic carbocycles. The number of rotatable bonds is 2. The van der Waals surface area contributed by atoms with Crippen LogP contribution in [0.3, 0.4) is 0 Å². The van der Waals surface area contributed by atoms with E-state index in [1.54, 1.807) is 24.5 Å². The Hall–Kier alpha value is -1.97. The van der Waals surface area contributed by atoms with Gasteiger partial charge in [0.1, 0.15) is 6.07 Å². The molecule has 0 spiro atoms. The summed E-state index contributed by atoms with van der Waals surface area (Å²) >= 11 is -2.33. The van der Waals surface area contributed by atoms with Crippen LogP contribution in [0.1, 0.15) is 5.56 Å². The Bertz CT molecular complexity index is 572. The van der Waals surface area contributed by atoms with E-state index in [9.17, 15) is 8.76 Å². The van der Waals surface area contributed by atoms with E-state index in [1.807, 2.05) is 6.07 Å². The minimum absolute atomic E-state index is 0.0902. The van der Waals surface area contributed by atoms with E-state index in [-0.39, 0.29) is 10.5 Å². The summed E-state index contributed by atoms with van der Waals surface area (Å²) in [4.78, 5) is 0.0902. The highest BCUT2D eigenvalue weighted by molar-refractivity contribution is 7.79. The molecule has 1 aromatic carbocycles. The first kappa shape index (κ1) is 10.5. The van der Waals surface area contributed by atoms with Gasteiger partial charge in [0.15, 0.2) is 0 Å². The smallest absolute Gasteiger partial charge is 0.101 e. The standard InChI is InChI=1S/C10H7N3O2S/c11-7-8-6-9(16(14)15)2-3-10(8)13-5-1-4-12-13/h1-6H,(H,14,15)/p-1. The van der Waals surface area contributed by atoms with E-state index in [0.29, 0.717) is 5.69 Å². The highest BCUT2D eigenvalue weighted by Crippen LogP contribution is 2.16. The molecule has 0 radical (unpaired) electrons. The zero-order valence-corrected chi connectivity index (χ0v) is 8.85. The SMILES string of the molecule is N#Cc1cc(S(=O)[O-])ccc1-n1cccn1. The molecule has 0 N–H and O–H groups in total. The maximum Gasteiger partial charge on any atom is 0.101 e. The molecule has 1 heterocycles. The lowest BCUT2D eigenvalue weighted by atomic mass is 10.2. The maximum atomic E-state index is 10.7. The molecule has 0 saturated heterocycles. The fourth-order valence-electron chi connectivity index (χ4n) is 1.32. The molecule has 1 unspecified atom stereocenters. The minimum atomic E-state index is -2.33. The summed E-state index contributed by atoms with van der Waals surface area (Å²) < 4.78 is 23.0. The Morgan fingerprint density at radius 1 is 1.50 bits per heavy atom. The van der Waals surface area contributed by atoms with Crippen LogP contribution in [0.4, 0.5) is 0 Å². The molecule has 2 aromatic rings. The lowest BCUT2D eigenvalue weighted by Crippen LogP contribution is -1.99. The van der Waals surface area contributed by atoms with Gasteiger partial charge in [-0.15, -0.1) is 0 Å². The molecule has 80 valence electrons. The highest BCUT2D eigenvalue weighted by Gasteiger charge is 2.05. The first-order valence-corrected chi connectivity index (χ1v) is 5.43. The van der Waals surface area contributed by atoms with Gasteiger partial charge in [-0.25, -0.2) is 4.68 Å². The zero-order chi connectivity index (χ0) is 11.5. The first-order chi connectivity index (χ1) is 7.72. The third-order valence-electron chi connectivity index (χ3n) is 2.03. The average molecular weight is 232 g/mol. The van der Waals surface area contributed by atoms with Crippen LogP contribution in [-0.2, 0) is 11.1 Å². The Morgan fingerprint density at radius 3 is 2.88 bits per heavy atom. The molecule has 1 aromatic heterocycles. The number of aromatic nitrogens is 2. The van der Waals surface area contributed by atoms with Gasteiger partial charge in [0.2, 0.25) is 0 Å². The zero-order valence-electron chi connectivity index (χ0n) is 8.03. The highest BCUT2D eigenvalue weighted by atomic mass is 32.2. The fourth-order valence-corrected chi connectivity index (χ4v) is 1.71. The summed E-state index contributed by atoms with van der Waals surface area (Å²) in [7, 11) is 0. The lowest BCUT2D eigenvalue weighted by Gasteiger charge is -2.08. The van der Waals surface area contributed by atoms with Gasteiger partial charge in [0.25, 0.3) is 0 Å². The van der Waals surface area contributed by atoms with Gasteiger partial charge in [-0.05, 0) is 35.3 Å². The van der Waals surface area contributed by atoms with E-state index in [0.717, 1.165) is 0 Å². The van der Waals surface area contributed by atoms with Crippen molar-refractivity contribution >= 4 is 11.1 Å². The molecule has 1 atom stereocenters. The van der Waals surface area contributed by atoms with Crippen LogP contribution in [0.25, 0.3) is 5.69 Å². The summed E-state index contributed by atoms with van der Waals surface area (Å²) in [6.45, 7) is 0. The van der Waals surface area contributed by atoms with Crippen molar-refractivity contribution < 1.29 is 8.76 Å². The van der Waals surface area contributed by atoms with Gasteiger partial charge in [-0.3, -0.25) is 4.21 Å². The predicted molar refractivity (Wildman–Crippen MR) is 55.5 cm³/mol. The van der Waals surface area contributed by atoms with Gasteiger partial charge in [-0.1, -0.05) is 0 Å². The average Bonchev–Trinajstić information content (AvgIpc) is 2.81. The van der Waals surface area contributed by atoms with E-state index in [1.165, 1.54) is 16.8 Å². The van der Waals surface area contributed by atoms with Crippen molar-refractivity contribution in [2.45, 2.75) is 4.90 Å². The molecule has 0 aliphatic rings. The summed E-state index contributed by atoms with van der Waals surface area (Å²) in [6.07, 6.45) is 3.27. The predicted octanol–water partition coefficient (Wildman–Crippen LogP) is 0.982. The molecular weight excluding hydrogens is 226 g/mol. The van der Waals surface area contributed by atoms with Gasteiger partial charge in [-0.2, -0.15) is 10.4 Å². The van der Waals surface area contributed by atoms with Gasteiger partial charge in [0.05, 0.1) is 11.3 Å². The van der Waals surface area contributed by atoms with Gasteiger partial charge in [0, 0.05) is 17.3 Å². The molecule has 0 amide bonds. The Morgan fingerprint density at radius 2 is 2.31 bits per heavy atom. The first-order valence-electron chi connectivity index (χ1n) is 4.36. The van der Waals surface area contributed by atoms with Crippen LogP contribution >= 0.6 is 0 Å². The topological polar surface area (TPSA) is 81.7 Å². The quantitative estimate of drug-likeness (QED) is 0.723. The van der Waals surface area contributed by atoms with Crippen LogP contribution in [0, 0.1) is 11.3 Å². The molecule has 0 saturated carbocycles. The molecule has 2 rings (SSSR count). The van der Waals surface area contributed by atoms with Crippen molar-refractivity contribution in [2.75, 3.05) is 0 Å². The largest absolute Gasteiger partial charge is 0.768 e. The van der Waals surface area contributed by atoms with E-state index >= 15 is 0 Å². The summed E-state index contributed by atoms with van der Waals surface area (Å²) in [5.41, 5.74) is 0.826. The van der Waals surface area contributed by atoms with Gasteiger partial charge < -0.3 is 4.55 Å². The molecule has 16 heavy (non-hydrogen) atoms. The summed E-state index contributed by atoms with van der Waals surface area (Å²) in [5, 5.41) is 12.9. The van der Waals surface area contributed by atoms with Crippen molar-refractivity contribution in [3.63, 3.8) is 0 Å². The van der Waals surface area contributed by atoms with Crippen molar-refractivity contribution in [1.29, 1.82) is 5.26 Å². The Balaban J connectivity index is 2.57. The molecule has 5 nitrogen and oxygen atoms in total. The number of hydrogen-bond acceptors (Lipinski definition) is 4. The van der Waals surface area contributed by atoms with Crippen LogP contribution < -0.4 is 0 Å². The third-order valence-corrected chi connectivity index (χ3v) is 2.67. The monoisotopic (exact) mass is 232 g/mol. The van der Waals surface area contributed by atoms with Crippen molar-refractivity contribution in [3.05, 3.63) is 42.2 Å².